The second-order valence-electron chi connectivity index (χ2n) is 6.47. The van der Waals surface area contributed by atoms with E-state index in [4.69, 9.17) is 0 Å². The quantitative estimate of drug-likeness (QED) is 0.792. The molecule has 2 heteroatoms. The standard InChI is InChI=1S/C18H27NS/c1-14(15-8-4-2-3-5-9-15)19-18-13-20-12-16-10-6-7-11-17(16)18/h6-7,10-11,14-15,18-19H,2-5,8-9,12-13H2,1H3/t14-,18?/m0/s1. The number of benzene rings is 1. The van der Waals surface area contributed by atoms with E-state index >= 15 is 0 Å². The molecular formula is C18H27NS. The molecule has 0 radical (unpaired) electrons. The molecule has 0 bridgehead atoms. The van der Waals surface area contributed by atoms with Crippen molar-refractivity contribution in [3.8, 4) is 0 Å². The van der Waals surface area contributed by atoms with Gasteiger partial charge in [0, 0.05) is 23.6 Å². The Bertz CT molecular complexity index is 423. The first-order valence-electron chi connectivity index (χ1n) is 8.26. The molecular weight excluding hydrogens is 262 g/mol. The van der Waals surface area contributed by atoms with Crippen LogP contribution in [0.4, 0.5) is 0 Å². The first-order valence-corrected chi connectivity index (χ1v) is 9.41. The molecule has 1 N–H and O–H groups in total. The molecule has 1 unspecified atom stereocenters. The molecule has 1 fully saturated rings. The Labute approximate surface area is 127 Å². The van der Waals surface area contributed by atoms with Crippen molar-refractivity contribution in [3.63, 3.8) is 0 Å². The van der Waals surface area contributed by atoms with Crippen LogP contribution in [0.25, 0.3) is 0 Å². The molecule has 2 aliphatic rings. The number of hydrogen-bond acceptors (Lipinski definition) is 2. The second-order valence-corrected chi connectivity index (χ2v) is 7.50. The third-order valence-corrected chi connectivity index (χ3v) is 6.13. The molecule has 2 atom stereocenters. The molecule has 1 aliphatic carbocycles. The molecule has 1 aromatic rings. The number of fused-ring (bicyclic) bond motifs is 1. The van der Waals surface area contributed by atoms with Crippen LogP contribution in [0.1, 0.15) is 62.6 Å². The van der Waals surface area contributed by atoms with Crippen molar-refractivity contribution in [2.45, 2.75) is 63.3 Å². The van der Waals surface area contributed by atoms with Gasteiger partial charge in [-0.1, -0.05) is 49.9 Å². The summed E-state index contributed by atoms with van der Waals surface area (Å²) < 4.78 is 0. The summed E-state index contributed by atoms with van der Waals surface area (Å²) in [5, 5.41) is 3.95. The van der Waals surface area contributed by atoms with Gasteiger partial charge in [-0.05, 0) is 36.8 Å². The summed E-state index contributed by atoms with van der Waals surface area (Å²) in [7, 11) is 0. The van der Waals surface area contributed by atoms with Crippen LogP contribution in [0.15, 0.2) is 24.3 Å². The minimum Gasteiger partial charge on any atom is -0.306 e. The van der Waals surface area contributed by atoms with Crippen LogP contribution in [-0.4, -0.2) is 11.8 Å². The van der Waals surface area contributed by atoms with Gasteiger partial charge >= 0.3 is 0 Å². The molecule has 1 aliphatic heterocycles. The molecule has 3 rings (SSSR count). The van der Waals surface area contributed by atoms with Crippen LogP contribution in [0.5, 0.6) is 0 Å². The van der Waals surface area contributed by atoms with Gasteiger partial charge in [-0.15, -0.1) is 0 Å². The molecule has 0 aromatic heterocycles. The normalized spacial score (nSPS) is 25.8. The van der Waals surface area contributed by atoms with Crippen molar-refractivity contribution in [3.05, 3.63) is 35.4 Å². The van der Waals surface area contributed by atoms with Crippen LogP contribution in [0.3, 0.4) is 0 Å². The first-order chi connectivity index (χ1) is 9.84. The van der Waals surface area contributed by atoms with Gasteiger partial charge in [0.05, 0.1) is 0 Å². The summed E-state index contributed by atoms with van der Waals surface area (Å²) in [4.78, 5) is 0. The van der Waals surface area contributed by atoms with Crippen LogP contribution in [-0.2, 0) is 5.75 Å². The molecule has 1 nitrogen and oxygen atoms in total. The Kier molecular flexibility index (Phi) is 5.06. The first kappa shape index (κ1) is 14.5. The van der Waals surface area contributed by atoms with Crippen molar-refractivity contribution in [1.29, 1.82) is 0 Å². The maximum absolute atomic E-state index is 3.95. The summed E-state index contributed by atoms with van der Waals surface area (Å²) in [5.41, 5.74) is 3.08. The highest BCUT2D eigenvalue weighted by Crippen LogP contribution is 2.33. The predicted molar refractivity (Wildman–Crippen MR) is 89.1 cm³/mol. The van der Waals surface area contributed by atoms with E-state index in [0.29, 0.717) is 12.1 Å². The summed E-state index contributed by atoms with van der Waals surface area (Å²) in [5.74, 6) is 3.30. The van der Waals surface area contributed by atoms with Crippen LogP contribution < -0.4 is 5.32 Å². The zero-order chi connectivity index (χ0) is 13.8. The van der Waals surface area contributed by atoms with Crippen molar-refractivity contribution in [2.75, 3.05) is 5.75 Å². The zero-order valence-corrected chi connectivity index (χ0v) is 13.4. The second kappa shape index (κ2) is 7.00. The Morgan fingerprint density at radius 3 is 2.65 bits per heavy atom. The van der Waals surface area contributed by atoms with E-state index in [1.54, 1.807) is 5.56 Å². The average Bonchev–Trinajstić information content (AvgIpc) is 2.77. The summed E-state index contributed by atoms with van der Waals surface area (Å²) >= 11 is 2.08. The van der Waals surface area contributed by atoms with Gasteiger partial charge in [-0.25, -0.2) is 0 Å². The van der Waals surface area contributed by atoms with Gasteiger partial charge in [0.15, 0.2) is 0 Å². The van der Waals surface area contributed by atoms with Gasteiger partial charge in [0.2, 0.25) is 0 Å². The maximum Gasteiger partial charge on any atom is 0.0417 e. The fourth-order valence-electron chi connectivity index (χ4n) is 3.78. The summed E-state index contributed by atoms with van der Waals surface area (Å²) in [6.07, 6.45) is 8.63. The Hall–Kier alpha value is -0.470. The van der Waals surface area contributed by atoms with E-state index in [1.807, 2.05) is 0 Å². The van der Waals surface area contributed by atoms with Crippen molar-refractivity contribution in [1.82, 2.24) is 5.32 Å². The lowest BCUT2D eigenvalue weighted by Crippen LogP contribution is -2.38. The average molecular weight is 289 g/mol. The highest BCUT2D eigenvalue weighted by Gasteiger charge is 2.25. The van der Waals surface area contributed by atoms with Crippen LogP contribution >= 0.6 is 11.8 Å². The minimum atomic E-state index is 0.559. The fraction of sp³-hybridized carbons (Fsp3) is 0.667. The van der Waals surface area contributed by atoms with E-state index in [2.05, 4.69) is 48.3 Å². The number of thioether (sulfide) groups is 1. The summed E-state index contributed by atoms with van der Waals surface area (Å²) in [6.45, 7) is 2.41. The number of hydrogen-bond donors (Lipinski definition) is 1. The van der Waals surface area contributed by atoms with E-state index < -0.39 is 0 Å². The van der Waals surface area contributed by atoms with Gasteiger partial charge in [-0.2, -0.15) is 11.8 Å². The lowest BCUT2D eigenvalue weighted by molar-refractivity contribution is 0.317. The van der Waals surface area contributed by atoms with Crippen molar-refractivity contribution in [2.24, 2.45) is 5.92 Å². The Morgan fingerprint density at radius 1 is 1.10 bits per heavy atom. The molecule has 0 spiro atoms. The third kappa shape index (κ3) is 3.40. The fourth-order valence-corrected chi connectivity index (χ4v) is 4.90. The molecule has 0 saturated heterocycles. The van der Waals surface area contributed by atoms with Crippen LogP contribution in [0, 0.1) is 5.92 Å². The maximum atomic E-state index is 3.95. The Balaban J connectivity index is 1.65. The van der Waals surface area contributed by atoms with E-state index in [-0.39, 0.29) is 0 Å². The molecule has 20 heavy (non-hydrogen) atoms. The molecule has 110 valence electrons. The molecule has 1 aromatic carbocycles. The van der Waals surface area contributed by atoms with E-state index in [9.17, 15) is 0 Å². The van der Waals surface area contributed by atoms with E-state index in [0.717, 1.165) is 5.92 Å². The van der Waals surface area contributed by atoms with Gasteiger partial charge < -0.3 is 5.32 Å². The lowest BCUT2D eigenvalue weighted by atomic mass is 9.91. The Morgan fingerprint density at radius 2 is 1.85 bits per heavy atom. The van der Waals surface area contributed by atoms with E-state index in [1.165, 1.54) is 55.6 Å². The highest BCUT2D eigenvalue weighted by atomic mass is 32.2. The SMILES string of the molecule is C[C@H](NC1CSCc2ccccc21)C1CCCCCC1. The molecule has 1 heterocycles. The predicted octanol–water partition coefficient (Wildman–Crippen LogP) is 4.92. The van der Waals surface area contributed by atoms with Gasteiger partial charge in [0.1, 0.15) is 0 Å². The smallest absolute Gasteiger partial charge is 0.0417 e. The van der Waals surface area contributed by atoms with Gasteiger partial charge in [-0.3, -0.25) is 0 Å². The van der Waals surface area contributed by atoms with Crippen LogP contribution in [0.2, 0.25) is 0 Å². The largest absolute Gasteiger partial charge is 0.306 e. The van der Waals surface area contributed by atoms with Crippen molar-refractivity contribution >= 4 is 11.8 Å². The highest BCUT2D eigenvalue weighted by molar-refractivity contribution is 7.98. The number of nitrogens with one attached hydrogen (secondary N) is 1. The third-order valence-electron chi connectivity index (χ3n) is 5.04. The van der Waals surface area contributed by atoms with Crippen molar-refractivity contribution < 1.29 is 0 Å². The minimum absolute atomic E-state index is 0.559. The topological polar surface area (TPSA) is 12.0 Å². The molecule has 1 saturated carbocycles. The lowest BCUT2D eigenvalue weighted by Gasteiger charge is -2.32. The molecule has 0 amide bonds. The zero-order valence-electron chi connectivity index (χ0n) is 12.6. The number of rotatable bonds is 3. The van der Waals surface area contributed by atoms with Gasteiger partial charge in [0.25, 0.3) is 0 Å². The monoisotopic (exact) mass is 289 g/mol. The summed E-state index contributed by atoms with van der Waals surface area (Å²) in [6, 6.07) is 10.2.